The van der Waals surface area contributed by atoms with Gasteiger partial charge in [-0.1, -0.05) is 6.07 Å². The highest BCUT2D eigenvalue weighted by Crippen LogP contribution is 2.36. The molecule has 1 saturated heterocycles. The molecule has 0 saturated carbocycles. The topological polar surface area (TPSA) is 65.1 Å². The highest BCUT2D eigenvalue weighted by atomic mass is 16.5. The highest BCUT2D eigenvalue weighted by molar-refractivity contribution is 5.84. The van der Waals surface area contributed by atoms with Crippen molar-refractivity contribution in [2.24, 2.45) is 0 Å². The Balaban J connectivity index is 1.96. The zero-order chi connectivity index (χ0) is 15.2. The molecular formula is C15H19NO5. The average molecular weight is 293 g/mol. The zero-order valence-corrected chi connectivity index (χ0v) is 12.3. The molecule has 6 heteroatoms. The second kappa shape index (κ2) is 6.97. The third-order valence-corrected chi connectivity index (χ3v) is 3.39. The number of carbonyl (C=O) groups is 2. The SMILES string of the molecule is COc1cccc(OCC(=O)N2CCC(=O)CC2)c1OC. The molecule has 21 heavy (non-hydrogen) atoms. The number of rotatable bonds is 5. The molecule has 0 bridgehead atoms. The van der Waals surface area contributed by atoms with Crippen molar-refractivity contribution in [1.29, 1.82) is 0 Å². The maximum Gasteiger partial charge on any atom is 0.260 e. The van der Waals surface area contributed by atoms with Crippen LogP contribution in [0.1, 0.15) is 12.8 Å². The summed E-state index contributed by atoms with van der Waals surface area (Å²) in [7, 11) is 3.06. The van der Waals surface area contributed by atoms with Crippen molar-refractivity contribution >= 4 is 11.7 Å². The Labute approximate surface area is 123 Å². The highest BCUT2D eigenvalue weighted by Gasteiger charge is 2.21. The Hall–Kier alpha value is -2.24. The number of amides is 1. The first-order chi connectivity index (χ1) is 10.2. The van der Waals surface area contributed by atoms with Gasteiger partial charge < -0.3 is 19.1 Å². The Bertz CT molecular complexity index is 519. The first kappa shape index (κ1) is 15.2. The molecule has 1 aromatic carbocycles. The van der Waals surface area contributed by atoms with E-state index in [2.05, 4.69) is 0 Å². The van der Waals surface area contributed by atoms with E-state index in [0.29, 0.717) is 43.2 Å². The standard InChI is InChI=1S/C15H19NO5/c1-19-12-4-3-5-13(15(12)20-2)21-10-14(18)16-8-6-11(17)7-9-16/h3-5H,6-10H2,1-2H3. The number of para-hydroxylation sites is 1. The maximum absolute atomic E-state index is 12.0. The third-order valence-electron chi connectivity index (χ3n) is 3.39. The summed E-state index contributed by atoms with van der Waals surface area (Å²) in [5.74, 6) is 1.53. The van der Waals surface area contributed by atoms with Gasteiger partial charge in [0.05, 0.1) is 14.2 Å². The molecule has 1 aliphatic rings. The molecule has 2 rings (SSSR count). The van der Waals surface area contributed by atoms with E-state index in [1.807, 2.05) is 0 Å². The number of carbonyl (C=O) groups excluding carboxylic acids is 2. The Morgan fingerprint density at radius 2 is 1.81 bits per heavy atom. The fraction of sp³-hybridized carbons (Fsp3) is 0.467. The van der Waals surface area contributed by atoms with E-state index >= 15 is 0 Å². The first-order valence-electron chi connectivity index (χ1n) is 6.79. The van der Waals surface area contributed by atoms with Crippen molar-refractivity contribution in [3.05, 3.63) is 18.2 Å². The summed E-state index contributed by atoms with van der Waals surface area (Å²) in [6.45, 7) is 0.851. The molecule has 0 unspecified atom stereocenters. The minimum atomic E-state index is -0.132. The van der Waals surface area contributed by atoms with E-state index in [1.165, 1.54) is 14.2 Å². The number of methoxy groups -OCH3 is 2. The van der Waals surface area contributed by atoms with Crippen LogP contribution in [0.4, 0.5) is 0 Å². The quantitative estimate of drug-likeness (QED) is 0.818. The van der Waals surface area contributed by atoms with Gasteiger partial charge in [0.1, 0.15) is 5.78 Å². The number of hydrogen-bond donors (Lipinski definition) is 0. The summed E-state index contributed by atoms with van der Waals surface area (Å²) in [6, 6.07) is 5.23. The normalized spacial score (nSPS) is 14.8. The van der Waals surface area contributed by atoms with Gasteiger partial charge in [-0.2, -0.15) is 0 Å². The number of ketones is 1. The van der Waals surface area contributed by atoms with Gasteiger partial charge in [-0.05, 0) is 12.1 Å². The van der Waals surface area contributed by atoms with Crippen molar-refractivity contribution in [2.75, 3.05) is 33.9 Å². The van der Waals surface area contributed by atoms with Gasteiger partial charge in [0.25, 0.3) is 5.91 Å². The molecule has 1 fully saturated rings. The molecule has 0 radical (unpaired) electrons. The largest absolute Gasteiger partial charge is 0.493 e. The summed E-state index contributed by atoms with van der Waals surface area (Å²) >= 11 is 0. The number of likely N-dealkylation sites (tertiary alicyclic amines) is 1. The fourth-order valence-electron chi connectivity index (χ4n) is 2.21. The molecule has 0 spiro atoms. The average Bonchev–Trinajstić information content (AvgIpc) is 2.52. The van der Waals surface area contributed by atoms with Crippen LogP contribution in [0.25, 0.3) is 0 Å². The first-order valence-corrected chi connectivity index (χ1v) is 6.79. The minimum absolute atomic E-state index is 0.0856. The van der Waals surface area contributed by atoms with E-state index in [9.17, 15) is 9.59 Å². The molecular weight excluding hydrogens is 274 g/mol. The number of piperidine rings is 1. The summed E-state index contributed by atoms with van der Waals surface area (Å²) < 4.78 is 15.9. The second-order valence-electron chi connectivity index (χ2n) is 4.70. The minimum Gasteiger partial charge on any atom is -0.493 e. The van der Waals surface area contributed by atoms with Crippen LogP contribution in [-0.2, 0) is 9.59 Å². The number of ether oxygens (including phenoxy) is 3. The summed E-state index contributed by atoms with van der Waals surface area (Å²) in [4.78, 5) is 24.9. The second-order valence-corrected chi connectivity index (χ2v) is 4.70. The predicted molar refractivity (Wildman–Crippen MR) is 75.9 cm³/mol. The van der Waals surface area contributed by atoms with E-state index in [0.717, 1.165) is 0 Å². The molecule has 0 N–H and O–H groups in total. The number of benzene rings is 1. The van der Waals surface area contributed by atoms with E-state index in [4.69, 9.17) is 14.2 Å². The lowest BCUT2D eigenvalue weighted by Crippen LogP contribution is -2.41. The number of hydrogen-bond acceptors (Lipinski definition) is 5. The van der Waals surface area contributed by atoms with E-state index in [-0.39, 0.29) is 18.3 Å². The lowest BCUT2D eigenvalue weighted by atomic mass is 10.1. The predicted octanol–water partition coefficient (Wildman–Crippen LogP) is 1.27. The van der Waals surface area contributed by atoms with Gasteiger partial charge in [-0.25, -0.2) is 0 Å². The molecule has 1 heterocycles. The van der Waals surface area contributed by atoms with Crippen molar-refractivity contribution in [3.63, 3.8) is 0 Å². The van der Waals surface area contributed by atoms with Crippen LogP contribution >= 0.6 is 0 Å². The smallest absolute Gasteiger partial charge is 0.260 e. The Kier molecular flexibility index (Phi) is 5.03. The molecule has 1 amide bonds. The molecule has 6 nitrogen and oxygen atoms in total. The molecule has 114 valence electrons. The lowest BCUT2D eigenvalue weighted by Gasteiger charge is -2.26. The maximum atomic E-state index is 12.0. The van der Waals surface area contributed by atoms with Gasteiger partial charge in [-0.3, -0.25) is 9.59 Å². The van der Waals surface area contributed by atoms with Crippen LogP contribution in [0.2, 0.25) is 0 Å². The number of Topliss-reactive ketones (excluding diaryl/α,β-unsaturated/α-hetero) is 1. The van der Waals surface area contributed by atoms with Crippen LogP contribution < -0.4 is 14.2 Å². The zero-order valence-electron chi connectivity index (χ0n) is 12.3. The molecule has 0 atom stereocenters. The van der Waals surface area contributed by atoms with E-state index in [1.54, 1.807) is 23.1 Å². The molecule has 0 aliphatic carbocycles. The third kappa shape index (κ3) is 3.65. The monoisotopic (exact) mass is 293 g/mol. The Morgan fingerprint density at radius 1 is 1.14 bits per heavy atom. The van der Waals surface area contributed by atoms with Crippen LogP contribution in [0, 0.1) is 0 Å². The molecule has 1 aliphatic heterocycles. The van der Waals surface area contributed by atoms with Gasteiger partial charge >= 0.3 is 0 Å². The van der Waals surface area contributed by atoms with Crippen molar-refractivity contribution in [1.82, 2.24) is 4.90 Å². The van der Waals surface area contributed by atoms with Gasteiger partial charge in [0.2, 0.25) is 5.75 Å². The van der Waals surface area contributed by atoms with Crippen LogP contribution in [-0.4, -0.2) is 50.5 Å². The van der Waals surface area contributed by atoms with Gasteiger partial charge in [-0.15, -0.1) is 0 Å². The Morgan fingerprint density at radius 3 is 2.43 bits per heavy atom. The fourth-order valence-corrected chi connectivity index (χ4v) is 2.21. The van der Waals surface area contributed by atoms with Crippen molar-refractivity contribution < 1.29 is 23.8 Å². The summed E-state index contributed by atoms with van der Waals surface area (Å²) in [5, 5.41) is 0. The van der Waals surface area contributed by atoms with Crippen LogP contribution in [0.15, 0.2) is 18.2 Å². The van der Waals surface area contributed by atoms with Crippen LogP contribution in [0.5, 0.6) is 17.2 Å². The summed E-state index contributed by atoms with van der Waals surface area (Å²) in [5.41, 5.74) is 0. The number of nitrogens with zero attached hydrogens (tertiary/aromatic N) is 1. The lowest BCUT2D eigenvalue weighted by molar-refractivity contribution is -0.136. The van der Waals surface area contributed by atoms with Gasteiger partial charge in [0, 0.05) is 25.9 Å². The molecule has 0 aromatic heterocycles. The van der Waals surface area contributed by atoms with Crippen molar-refractivity contribution in [2.45, 2.75) is 12.8 Å². The van der Waals surface area contributed by atoms with Gasteiger partial charge in [0.15, 0.2) is 18.1 Å². The molecule has 1 aromatic rings. The van der Waals surface area contributed by atoms with Crippen molar-refractivity contribution in [3.8, 4) is 17.2 Å². The summed E-state index contributed by atoms with van der Waals surface area (Å²) in [6.07, 6.45) is 0.850. The van der Waals surface area contributed by atoms with E-state index < -0.39 is 0 Å². The van der Waals surface area contributed by atoms with Crippen LogP contribution in [0.3, 0.4) is 0 Å².